The Kier molecular flexibility index (Phi) is 6.05. The quantitative estimate of drug-likeness (QED) is 0.847. The van der Waals surface area contributed by atoms with Gasteiger partial charge in [-0.2, -0.15) is 0 Å². The van der Waals surface area contributed by atoms with Crippen LogP contribution in [0.25, 0.3) is 0 Å². The number of carbonyl (C=O) groups excluding carboxylic acids is 1. The molecule has 0 saturated heterocycles. The van der Waals surface area contributed by atoms with Crippen molar-refractivity contribution in [1.82, 2.24) is 10.6 Å². The Morgan fingerprint density at radius 3 is 2.48 bits per heavy atom. The van der Waals surface area contributed by atoms with Crippen molar-refractivity contribution in [3.8, 4) is 5.75 Å². The minimum Gasteiger partial charge on any atom is -0.493 e. The molecular weight excluding hydrogens is 264 g/mol. The summed E-state index contributed by atoms with van der Waals surface area (Å²) >= 11 is 0. The minimum atomic E-state index is -0.0223. The Hall–Kier alpha value is -1.55. The normalized spacial score (nSPS) is 21.8. The zero-order valence-electron chi connectivity index (χ0n) is 13.0. The molecule has 1 aromatic carbocycles. The summed E-state index contributed by atoms with van der Waals surface area (Å²) in [7, 11) is 0. The van der Waals surface area contributed by atoms with E-state index in [4.69, 9.17) is 4.74 Å². The number of hydrogen-bond acceptors (Lipinski definition) is 3. The van der Waals surface area contributed by atoms with Crippen LogP contribution in [0.15, 0.2) is 24.3 Å². The van der Waals surface area contributed by atoms with E-state index in [1.165, 1.54) is 0 Å². The van der Waals surface area contributed by atoms with Crippen molar-refractivity contribution in [3.05, 3.63) is 29.8 Å². The lowest BCUT2D eigenvalue weighted by Crippen LogP contribution is -2.42. The Bertz CT molecular complexity index is 454. The summed E-state index contributed by atoms with van der Waals surface area (Å²) in [5.74, 6) is 0.643. The molecule has 116 valence electrons. The van der Waals surface area contributed by atoms with Crippen LogP contribution in [0.5, 0.6) is 5.75 Å². The van der Waals surface area contributed by atoms with E-state index < -0.39 is 0 Å². The average Bonchev–Trinajstić information content (AvgIpc) is 2.50. The molecule has 0 radical (unpaired) electrons. The first kappa shape index (κ1) is 15.8. The molecule has 0 aliphatic heterocycles. The van der Waals surface area contributed by atoms with E-state index in [0.717, 1.165) is 32.2 Å². The zero-order valence-corrected chi connectivity index (χ0v) is 13.0. The molecule has 1 aromatic rings. The van der Waals surface area contributed by atoms with Crippen molar-refractivity contribution < 1.29 is 9.53 Å². The molecule has 1 amide bonds. The highest BCUT2D eigenvalue weighted by atomic mass is 16.5. The molecule has 2 rings (SSSR count). The highest BCUT2D eigenvalue weighted by molar-refractivity contribution is 5.97. The van der Waals surface area contributed by atoms with E-state index in [2.05, 4.69) is 17.6 Å². The van der Waals surface area contributed by atoms with Crippen LogP contribution >= 0.6 is 0 Å². The average molecular weight is 290 g/mol. The van der Waals surface area contributed by atoms with Gasteiger partial charge in [-0.3, -0.25) is 4.79 Å². The molecule has 1 aliphatic carbocycles. The van der Waals surface area contributed by atoms with Crippen molar-refractivity contribution in [2.45, 2.75) is 51.6 Å². The van der Waals surface area contributed by atoms with E-state index in [-0.39, 0.29) is 11.9 Å². The maximum Gasteiger partial charge on any atom is 0.255 e. The van der Waals surface area contributed by atoms with Crippen LogP contribution in [0, 0.1) is 0 Å². The van der Waals surface area contributed by atoms with Gasteiger partial charge in [0.25, 0.3) is 5.91 Å². The Balaban J connectivity index is 1.90. The molecule has 0 heterocycles. The maximum absolute atomic E-state index is 12.4. The summed E-state index contributed by atoms with van der Waals surface area (Å²) in [4.78, 5) is 12.4. The molecular formula is C17H26N2O2. The predicted molar refractivity (Wildman–Crippen MR) is 84.8 cm³/mol. The molecule has 1 saturated carbocycles. The number of carbonyl (C=O) groups is 1. The topological polar surface area (TPSA) is 50.4 Å². The summed E-state index contributed by atoms with van der Waals surface area (Å²) in [5.41, 5.74) is 0.633. The largest absolute Gasteiger partial charge is 0.493 e. The Morgan fingerprint density at radius 2 is 1.81 bits per heavy atom. The van der Waals surface area contributed by atoms with E-state index >= 15 is 0 Å². The van der Waals surface area contributed by atoms with E-state index in [9.17, 15) is 4.79 Å². The van der Waals surface area contributed by atoms with Crippen molar-refractivity contribution in [3.63, 3.8) is 0 Å². The molecule has 1 aliphatic rings. The predicted octanol–water partition coefficient (Wildman–Crippen LogP) is 2.74. The van der Waals surface area contributed by atoms with Gasteiger partial charge in [0.05, 0.1) is 12.2 Å². The molecule has 0 bridgehead atoms. The summed E-state index contributed by atoms with van der Waals surface area (Å²) in [6.07, 6.45) is 4.35. The third-order valence-corrected chi connectivity index (χ3v) is 3.99. The number of rotatable bonds is 6. The monoisotopic (exact) mass is 290 g/mol. The molecule has 0 unspecified atom stereocenters. The first-order valence-corrected chi connectivity index (χ1v) is 8.00. The molecule has 0 atom stereocenters. The van der Waals surface area contributed by atoms with Crippen LogP contribution in [0.4, 0.5) is 0 Å². The van der Waals surface area contributed by atoms with Gasteiger partial charge in [0.1, 0.15) is 5.75 Å². The summed E-state index contributed by atoms with van der Waals surface area (Å²) in [6.45, 7) is 5.65. The number of para-hydroxylation sites is 1. The lowest BCUT2D eigenvalue weighted by Gasteiger charge is -2.29. The highest BCUT2D eigenvalue weighted by Gasteiger charge is 2.23. The van der Waals surface area contributed by atoms with Crippen molar-refractivity contribution in [2.24, 2.45) is 0 Å². The van der Waals surface area contributed by atoms with E-state index in [1.54, 1.807) is 0 Å². The lowest BCUT2D eigenvalue weighted by atomic mass is 9.91. The Morgan fingerprint density at radius 1 is 1.14 bits per heavy atom. The fraction of sp³-hybridized carbons (Fsp3) is 0.588. The van der Waals surface area contributed by atoms with Gasteiger partial charge in [0.15, 0.2) is 0 Å². The number of hydrogen-bond donors (Lipinski definition) is 2. The molecule has 4 nitrogen and oxygen atoms in total. The van der Waals surface area contributed by atoms with E-state index in [0.29, 0.717) is 24.0 Å². The van der Waals surface area contributed by atoms with Gasteiger partial charge in [0.2, 0.25) is 0 Å². The minimum absolute atomic E-state index is 0.0223. The first-order valence-electron chi connectivity index (χ1n) is 8.00. The standard InChI is InChI=1S/C17H26N2O2/c1-3-18-13-9-11-14(12-10-13)19-17(20)15-7-5-6-8-16(15)21-4-2/h5-8,13-14,18H,3-4,9-12H2,1-2H3,(H,19,20). The second-order valence-corrected chi connectivity index (χ2v) is 5.51. The number of nitrogens with one attached hydrogen (secondary N) is 2. The molecule has 2 N–H and O–H groups in total. The molecule has 1 fully saturated rings. The van der Waals surface area contributed by atoms with E-state index in [1.807, 2.05) is 31.2 Å². The lowest BCUT2D eigenvalue weighted by molar-refractivity contribution is 0.0920. The van der Waals surface area contributed by atoms with Crippen LogP contribution in [0.1, 0.15) is 49.9 Å². The first-order chi connectivity index (χ1) is 10.2. The second kappa shape index (κ2) is 8.03. The van der Waals surface area contributed by atoms with Gasteiger partial charge >= 0.3 is 0 Å². The highest BCUT2D eigenvalue weighted by Crippen LogP contribution is 2.21. The summed E-state index contributed by atoms with van der Waals surface area (Å²) in [5, 5.41) is 6.63. The van der Waals surface area contributed by atoms with Crippen LogP contribution in [-0.2, 0) is 0 Å². The van der Waals surface area contributed by atoms with Gasteiger partial charge in [0, 0.05) is 12.1 Å². The van der Waals surface area contributed by atoms with Gasteiger partial charge in [-0.25, -0.2) is 0 Å². The summed E-state index contributed by atoms with van der Waals surface area (Å²) in [6, 6.07) is 8.33. The van der Waals surface area contributed by atoms with Crippen LogP contribution in [0.3, 0.4) is 0 Å². The van der Waals surface area contributed by atoms with Crippen molar-refractivity contribution in [2.75, 3.05) is 13.2 Å². The fourth-order valence-corrected chi connectivity index (χ4v) is 2.93. The molecule has 0 spiro atoms. The van der Waals surface area contributed by atoms with Gasteiger partial charge in [-0.15, -0.1) is 0 Å². The SMILES string of the molecule is CCNC1CCC(NC(=O)c2ccccc2OCC)CC1. The second-order valence-electron chi connectivity index (χ2n) is 5.51. The summed E-state index contributed by atoms with van der Waals surface area (Å²) < 4.78 is 5.53. The van der Waals surface area contributed by atoms with Crippen LogP contribution in [-0.4, -0.2) is 31.1 Å². The van der Waals surface area contributed by atoms with Crippen LogP contribution < -0.4 is 15.4 Å². The molecule has 0 aromatic heterocycles. The number of ether oxygens (including phenoxy) is 1. The third-order valence-electron chi connectivity index (χ3n) is 3.99. The Labute approximate surface area is 127 Å². The van der Waals surface area contributed by atoms with Crippen molar-refractivity contribution >= 4 is 5.91 Å². The third kappa shape index (κ3) is 4.46. The van der Waals surface area contributed by atoms with Gasteiger partial charge in [-0.1, -0.05) is 19.1 Å². The zero-order chi connectivity index (χ0) is 15.1. The smallest absolute Gasteiger partial charge is 0.255 e. The fourth-order valence-electron chi connectivity index (χ4n) is 2.93. The van der Waals surface area contributed by atoms with Crippen LogP contribution in [0.2, 0.25) is 0 Å². The molecule has 21 heavy (non-hydrogen) atoms. The molecule has 4 heteroatoms. The number of benzene rings is 1. The van der Waals surface area contributed by atoms with Gasteiger partial charge in [-0.05, 0) is 51.3 Å². The maximum atomic E-state index is 12.4. The van der Waals surface area contributed by atoms with Crippen molar-refractivity contribution in [1.29, 1.82) is 0 Å². The van der Waals surface area contributed by atoms with Gasteiger partial charge < -0.3 is 15.4 Å². The number of amides is 1.